The van der Waals surface area contributed by atoms with Crippen LogP contribution in [-0.4, -0.2) is 20.0 Å². The van der Waals surface area contributed by atoms with E-state index < -0.39 is 23.2 Å². The molecule has 0 saturated carbocycles. The first-order valence-corrected chi connectivity index (χ1v) is 6.79. The first kappa shape index (κ1) is 15.3. The van der Waals surface area contributed by atoms with Gasteiger partial charge in [-0.2, -0.15) is 0 Å². The van der Waals surface area contributed by atoms with Crippen LogP contribution in [-0.2, 0) is 15.3 Å². The van der Waals surface area contributed by atoms with Crippen molar-refractivity contribution in [2.75, 3.05) is 14.2 Å². The lowest BCUT2D eigenvalue weighted by Crippen LogP contribution is -2.31. The van der Waals surface area contributed by atoms with Crippen LogP contribution in [0.1, 0.15) is 15.9 Å². The molecule has 1 aliphatic rings. The third-order valence-electron chi connectivity index (χ3n) is 3.81. The molecule has 0 N–H and O–H groups in total. The number of ketones is 1. The average molecular weight is 314 g/mol. The van der Waals surface area contributed by atoms with E-state index >= 15 is 0 Å². The van der Waals surface area contributed by atoms with Crippen molar-refractivity contribution in [2.45, 2.75) is 5.79 Å². The van der Waals surface area contributed by atoms with Crippen LogP contribution in [0, 0.1) is 23.5 Å². The molecule has 0 aromatic heterocycles. The van der Waals surface area contributed by atoms with E-state index in [0.29, 0.717) is 11.1 Å². The molecule has 0 saturated heterocycles. The normalized spacial score (nSPS) is 14.9. The molecule has 1 aliphatic carbocycles. The molecule has 3 nitrogen and oxygen atoms in total. The van der Waals surface area contributed by atoms with Crippen LogP contribution in [0.25, 0.3) is 11.1 Å². The maximum atomic E-state index is 14.5. The SMILES string of the molecule is COC1(OC)C#CC(=O)c2ccc(F)c(F)c2-c2ccccc21. The summed E-state index contributed by atoms with van der Waals surface area (Å²) in [6, 6.07) is 8.72. The van der Waals surface area contributed by atoms with Crippen LogP contribution in [0.5, 0.6) is 0 Å². The van der Waals surface area contributed by atoms with E-state index in [9.17, 15) is 13.6 Å². The van der Waals surface area contributed by atoms with E-state index in [2.05, 4.69) is 11.8 Å². The topological polar surface area (TPSA) is 35.5 Å². The van der Waals surface area contributed by atoms with Crippen molar-refractivity contribution < 1.29 is 23.0 Å². The Kier molecular flexibility index (Phi) is 3.72. The second-order valence-corrected chi connectivity index (χ2v) is 4.93. The molecule has 3 rings (SSSR count). The van der Waals surface area contributed by atoms with Gasteiger partial charge in [-0.1, -0.05) is 24.3 Å². The molecule has 0 unspecified atom stereocenters. The van der Waals surface area contributed by atoms with Crippen molar-refractivity contribution in [1.29, 1.82) is 0 Å². The summed E-state index contributed by atoms with van der Waals surface area (Å²) in [7, 11) is 2.73. The number of Topliss-reactive ketones (excluding diaryl/α,β-unsaturated/α-hetero) is 1. The number of rotatable bonds is 2. The first-order chi connectivity index (χ1) is 11.0. The van der Waals surface area contributed by atoms with Crippen LogP contribution in [0.2, 0.25) is 0 Å². The summed E-state index contributed by atoms with van der Waals surface area (Å²) in [5, 5.41) is 0. The van der Waals surface area contributed by atoms with E-state index in [1.54, 1.807) is 24.3 Å². The predicted octanol–water partition coefficient (Wildman–Crippen LogP) is 3.28. The van der Waals surface area contributed by atoms with E-state index in [4.69, 9.17) is 9.47 Å². The van der Waals surface area contributed by atoms with E-state index in [-0.39, 0.29) is 11.1 Å². The zero-order valence-corrected chi connectivity index (χ0v) is 12.4. The highest BCUT2D eigenvalue weighted by atomic mass is 19.2. The van der Waals surface area contributed by atoms with Gasteiger partial charge in [-0.3, -0.25) is 4.79 Å². The molecular weight excluding hydrogens is 302 g/mol. The van der Waals surface area contributed by atoms with Crippen LogP contribution < -0.4 is 0 Å². The summed E-state index contributed by atoms with van der Waals surface area (Å²) in [5.41, 5.74) is 0.559. The quantitative estimate of drug-likeness (QED) is 0.485. The fourth-order valence-electron chi connectivity index (χ4n) is 2.67. The van der Waals surface area contributed by atoms with Crippen molar-refractivity contribution in [3.8, 4) is 23.0 Å². The molecule has 0 spiro atoms. The molecule has 0 aliphatic heterocycles. The van der Waals surface area contributed by atoms with Gasteiger partial charge in [0.25, 0.3) is 5.79 Å². The van der Waals surface area contributed by atoms with Crippen molar-refractivity contribution in [3.63, 3.8) is 0 Å². The number of hydrogen-bond acceptors (Lipinski definition) is 3. The van der Waals surface area contributed by atoms with E-state index in [1.165, 1.54) is 20.3 Å². The Morgan fingerprint density at radius 3 is 2.39 bits per heavy atom. The third-order valence-corrected chi connectivity index (χ3v) is 3.81. The number of fused-ring (bicyclic) bond motifs is 3. The number of methoxy groups -OCH3 is 2. The minimum Gasteiger partial charge on any atom is -0.339 e. The van der Waals surface area contributed by atoms with E-state index in [0.717, 1.165) is 6.07 Å². The molecule has 5 heteroatoms. The molecule has 0 heterocycles. The summed E-state index contributed by atoms with van der Waals surface area (Å²) < 4.78 is 38.9. The van der Waals surface area contributed by atoms with Crippen LogP contribution in [0.3, 0.4) is 0 Å². The smallest absolute Gasteiger partial charge is 0.261 e. The summed E-state index contributed by atoms with van der Waals surface area (Å²) in [6.45, 7) is 0. The van der Waals surface area contributed by atoms with Gasteiger partial charge in [0.05, 0.1) is 0 Å². The number of carbonyl (C=O) groups is 1. The molecule has 2 aromatic carbocycles. The number of hydrogen-bond donors (Lipinski definition) is 0. The maximum absolute atomic E-state index is 14.5. The summed E-state index contributed by atoms with van der Waals surface area (Å²) >= 11 is 0. The minimum absolute atomic E-state index is 0.00431. The lowest BCUT2D eigenvalue weighted by molar-refractivity contribution is -0.169. The molecular formula is C18H12F2O3. The zero-order valence-electron chi connectivity index (χ0n) is 12.4. The lowest BCUT2D eigenvalue weighted by Gasteiger charge is -2.29. The highest BCUT2D eigenvalue weighted by Crippen LogP contribution is 2.39. The second-order valence-electron chi connectivity index (χ2n) is 4.93. The molecule has 0 atom stereocenters. The Morgan fingerprint density at radius 1 is 1.00 bits per heavy atom. The van der Waals surface area contributed by atoms with Crippen molar-refractivity contribution in [2.24, 2.45) is 0 Å². The van der Waals surface area contributed by atoms with Gasteiger partial charge in [-0.05, 0) is 29.5 Å². The largest absolute Gasteiger partial charge is 0.339 e. The summed E-state index contributed by atoms with van der Waals surface area (Å²) in [6.07, 6.45) is 0. The van der Waals surface area contributed by atoms with Gasteiger partial charge in [-0.15, -0.1) is 0 Å². The number of carbonyl (C=O) groups excluding carboxylic acids is 1. The molecule has 0 fully saturated rings. The number of halogens is 2. The van der Waals surface area contributed by atoms with Gasteiger partial charge in [0, 0.05) is 30.9 Å². The van der Waals surface area contributed by atoms with Gasteiger partial charge >= 0.3 is 0 Å². The van der Waals surface area contributed by atoms with Crippen molar-refractivity contribution >= 4 is 5.78 Å². The number of benzene rings is 2. The van der Waals surface area contributed by atoms with Crippen LogP contribution in [0.4, 0.5) is 8.78 Å². The van der Waals surface area contributed by atoms with Crippen LogP contribution >= 0.6 is 0 Å². The second kappa shape index (κ2) is 5.58. The van der Waals surface area contributed by atoms with Gasteiger partial charge < -0.3 is 9.47 Å². The molecule has 2 aromatic rings. The van der Waals surface area contributed by atoms with E-state index in [1.807, 2.05) is 0 Å². The Morgan fingerprint density at radius 2 is 1.70 bits per heavy atom. The van der Waals surface area contributed by atoms with Gasteiger partial charge in [0.2, 0.25) is 5.78 Å². The third kappa shape index (κ3) is 2.24. The summed E-state index contributed by atoms with van der Waals surface area (Å²) in [4.78, 5) is 12.3. The highest BCUT2D eigenvalue weighted by Gasteiger charge is 2.36. The number of ether oxygens (including phenoxy) is 2. The monoisotopic (exact) mass is 314 g/mol. The molecule has 0 bridgehead atoms. The van der Waals surface area contributed by atoms with Crippen molar-refractivity contribution in [1.82, 2.24) is 0 Å². The van der Waals surface area contributed by atoms with Crippen LogP contribution in [0.15, 0.2) is 36.4 Å². The van der Waals surface area contributed by atoms with Gasteiger partial charge in [0.15, 0.2) is 11.6 Å². The highest BCUT2D eigenvalue weighted by molar-refractivity contribution is 6.13. The van der Waals surface area contributed by atoms with Gasteiger partial charge in [0.1, 0.15) is 0 Å². The fraction of sp³-hybridized carbons (Fsp3) is 0.167. The molecule has 0 radical (unpaired) electrons. The van der Waals surface area contributed by atoms with Crippen molar-refractivity contribution in [3.05, 3.63) is 59.2 Å². The Hall–Kier alpha value is -2.55. The molecule has 116 valence electrons. The first-order valence-electron chi connectivity index (χ1n) is 6.79. The minimum atomic E-state index is -1.54. The zero-order chi connectivity index (χ0) is 16.6. The fourth-order valence-corrected chi connectivity index (χ4v) is 2.67. The van der Waals surface area contributed by atoms with Gasteiger partial charge in [-0.25, -0.2) is 8.78 Å². The summed E-state index contributed by atoms with van der Waals surface area (Å²) in [5.74, 6) is 0.732. The lowest BCUT2D eigenvalue weighted by atomic mass is 9.87. The Bertz CT molecular complexity index is 858. The Balaban J connectivity index is 2.47. The molecule has 0 amide bonds. The average Bonchev–Trinajstić information content (AvgIpc) is 2.57. The standard InChI is InChI=1S/C18H12F2O3/c1-22-18(23-2)10-9-15(21)12-7-8-14(19)17(20)16(12)11-5-3-4-6-13(11)18/h3-8H,1-2H3. The predicted molar refractivity (Wildman–Crippen MR) is 79.6 cm³/mol. The Labute approximate surface area is 131 Å². The maximum Gasteiger partial charge on any atom is 0.261 e. The molecule has 23 heavy (non-hydrogen) atoms.